The van der Waals surface area contributed by atoms with Gasteiger partial charge in [0.05, 0.1) is 0 Å². The molecule has 0 aliphatic heterocycles. The van der Waals surface area contributed by atoms with Crippen LogP contribution >= 0.6 is 0 Å². The third-order valence-corrected chi connectivity index (χ3v) is 4.90. The van der Waals surface area contributed by atoms with E-state index in [0.717, 1.165) is 23.8 Å². The molecule has 1 aliphatic rings. The molecule has 0 saturated heterocycles. The SMILES string of the molecule is CCCNC(CC(C)CC(C)(C)C)C1CCC(C)CC1. The van der Waals surface area contributed by atoms with Crippen molar-refractivity contribution in [1.82, 2.24) is 5.32 Å². The van der Waals surface area contributed by atoms with E-state index in [1.807, 2.05) is 0 Å². The Bertz CT molecular complexity index is 245. The smallest absolute Gasteiger partial charge is 0.00978 e. The molecule has 1 aliphatic carbocycles. The fourth-order valence-corrected chi connectivity index (χ4v) is 4.02. The van der Waals surface area contributed by atoms with Gasteiger partial charge in [-0.15, -0.1) is 0 Å². The van der Waals surface area contributed by atoms with Crippen LogP contribution in [0.1, 0.15) is 86.5 Å². The van der Waals surface area contributed by atoms with Gasteiger partial charge in [-0.25, -0.2) is 0 Å². The van der Waals surface area contributed by atoms with Crippen LogP contribution in [-0.4, -0.2) is 12.6 Å². The Kier molecular flexibility index (Phi) is 7.58. The molecule has 1 fully saturated rings. The first-order valence-electron chi connectivity index (χ1n) is 9.05. The van der Waals surface area contributed by atoms with Crippen LogP contribution in [-0.2, 0) is 0 Å². The van der Waals surface area contributed by atoms with E-state index < -0.39 is 0 Å². The molecule has 1 nitrogen and oxygen atoms in total. The summed E-state index contributed by atoms with van der Waals surface area (Å²) in [5.74, 6) is 2.73. The van der Waals surface area contributed by atoms with Crippen molar-refractivity contribution >= 4 is 0 Å². The lowest BCUT2D eigenvalue weighted by atomic mass is 9.75. The van der Waals surface area contributed by atoms with Gasteiger partial charge in [-0.3, -0.25) is 0 Å². The average molecular weight is 282 g/mol. The zero-order valence-electron chi connectivity index (χ0n) is 15.0. The minimum absolute atomic E-state index is 0.468. The van der Waals surface area contributed by atoms with Crippen LogP contribution in [0.15, 0.2) is 0 Å². The maximum absolute atomic E-state index is 3.87. The molecule has 2 atom stereocenters. The highest BCUT2D eigenvalue weighted by atomic mass is 14.9. The maximum atomic E-state index is 3.87. The van der Waals surface area contributed by atoms with Gasteiger partial charge in [-0.2, -0.15) is 0 Å². The molecule has 1 saturated carbocycles. The summed E-state index contributed by atoms with van der Waals surface area (Å²) in [6.45, 7) is 15.5. The molecule has 0 heterocycles. The van der Waals surface area contributed by atoms with Crippen molar-refractivity contribution in [2.24, 2.45) is 23.2 Å². The molecule has 2 unspecified atom stereocenters. The summed E-state index contributed by atoms with van der Waals surface area (Å²) in [7, 11) is 0. The average Bonchev–Trinajstić information content (AvgIpc) is 2.33. The molecule has 0 aromatic rings. The summed E-state index contributed by atoms with van der Waals surface area (Å²) >= 11 is 0. The topological polar surface area (TPSA) is 12.0 Å². The molecule has 0 bridgehead atoms. The highest BCUT2D eigenvalue weighted by molar-refractivity contribution is 4.83. The molecule has 1 heteroatoms. The van der Waals surface area contributed by atoms with E-state index in [4.69, 9.17) is 0 Å². The van der Waals surface area contributed by atoms with Crippen molar-refractivity contribution in [3.05, 3.63) is 0 Å². The molecule has 120 valence electrons. The maximum Gasteiger partial charge on any atom is 0.00978 e. The second kappa shape index (κ2) is 8.41. The molecule has 0 radical (unpaired) electrons. The van der Waals surface area contributed by atoms with Crippen molar-refractivity contribution in [2.75, 3.05) is 6.54 Å². The van der Waals surface area contributed by atoms with Crippen LogP contribution in [0.2, 0.25) is 0 Å². The van der Waals surface area contributed by atoms with E-state index in [1.165, 1.54) is 51.5 Å². The van der Waals surface area contributed by atoms with Gasteiger partial charge >= 0.3 is 0 Å². The van der Waals surface area contributed by atoms with Gasteiger partial charge < -0.3 is 5.32 Å². The summed E-state index contributed by atoms with van der Waals surface area (Å²) in [6.07, 6.45) is 9.77. The van der Waals surface area contributed by atoms with Crippen LogP contribution in [0.3, 0.4) is 0 Å². The van der Waals surface area contributed by atoms with Crippen molar-refractivity contribution < 1.29 is 0 Å². The van der Waals surface area contributed by atoms with Crippen molar-refractivity contribution in [1.29, 1.82) is 0 Å². The van der Waals surface area contributed by atoms with Crippen LogP contribution in [0.5, 0.6) is 0 Å². The summed E-state index contributed by atoms with van der Waals surface area (Å²) in [4.78, 5) is 0. The molecular weight excluding hydrogens is 242 g/mol. The van der Waals surface area contributed by atoms with Crippen molar-refractivity contribution in [3.8, 4) is 0 Å². The molecular formula is C19H39N. The highest BCUT2D eigenvalue weighted by Gasteiger charge is 2.27. The largest absolute Gasteiger partial charge is 0.314 e. The fourth-order valence-electron chi connectivity index (χ4n) is 4.02. The second-order valence-corrected chi connectivity index (χ2v) is 8.69. The van der Waals surface area contributed by atoms with Crippen LogP contribution in [0.4, 0.5) is 0 Å². The van der Waals surface area contributed by atoms with Gasteiger partial charge in [-0.1, -0.05) is 54.4 Å². The van der Waals surface area contributed by atoms with Crippen LogP contribution < -0.4 is 5.32 Å². The summed E-state index contributed by atoms with van der Waals surface area (Å²) < 4.78 is 0. The van der Waals surface area contributed by atoms with E-state index in [-0.39, 0.29) is 0 Å². The van der Waals surface area contributed by atoms with E-state index >= 15 is 0 Å². The van der Waals surface area contributed by atoms with Crippen LogP contribution in [0.25, 0.3) is 0 Å². The molecule has 20 heavy (non-hydrogen) atoms. The zero-order chi connectivity index (χ0) is 15.2. The molecule has 0 aromatic heterocycles. The predicted molar refractivity (Wildman–Crippen MR) is 91.1 cm³/mol. The lowest BCUT2D eigenvalue weighted by molar-refractivity contribution is 0.192. The molecule has 0 amide bonds. The van der Waals surface area contributed by atoms with E-state index in [1.54, 1.807) is 0 Å². The Morgan fingerprint density at radius 1 is 1.10 bits per heavy atom. The lowest BCUT2D eigenvalue weighted by Gasteiger charge is -2.36. The first-order valence-corrected chi connectivity index (χ1v) is 9.05. The monoisotopic (exact) mass is 281 g/mol. The highest BCUT2D eigenvalue weighted by Crippen LogP contribution is 2.34. The first-order chi connectivity index (χ1) is 9.31. The van der Waals surface area contributed by atoms with E-state index in [2.05, 4.69) is 46.9 Å². The van der Waals surface area contributed by atoms with E-state index in [0.29, 0.717) is 5.41 Å². The minimum Gasteiger partial charge on any atom is -0.314 e. The van der Waals surface area contributed by atoms with Crippen molar-refractivity contribution in [3.63, 3.8) is 0 Å². The Morgan fingerprint density at radius 2 is 1.70 bits per heavy atom. The van der Waals surface area contributed by atoms with Gasteiger partial charge in [0.15, 0.2) is 0 Å². The Hall–Kier alpha value is -0.0400. The number of hydrogen-bond acceptors (Lipinski definition) is 1. The summed E-state index contributed by atoms with van der Waals surface area (Å²) in [5.41, 5.74) is 0.468. The van der Waals surface area contributed by atoms with Gasteiger partial charge in [0.1, 0.15) is 0 Å². The van der Waals surface area contributed by atoms with Gasteiger partial charge in [0, 0.05) is 6.04 Å². The Morgan fingerprint density at radius 3 is 2.20 bits per heavy atom. The second-order valence-electron chi connectivity index (χ2n) is 8.69. The Balaban J connectivity index is 2.50. The zero-order valence-corrected chi connectivity index (χ0v) is 15.0. The number of rotatable bonds is 7. The predicted octanol–water partition coefficient (Wildman–Crippen LogP) is 5.64. The minimum atomic E-state index is 0.468. The fraction of sp³-hybridized carbons (Fsp3) is 1.00. The van der Waals surface area contributed by atoms with Crippen molar-refractivity contribution in [2.45, 2.75) is 92.5 Å². The molecule has 0 aromatic carbocycles. The van der Waals surface area contributed by atoms with Crippen LogP contribution in [0, 0.1) is 23.2 Å². The third kappa shape index (κ3) is 7.11. The third-order valence-electron chi connectivity index (χ3n) is 4.90. The number of hydrogen-bond donors (Lipinski definition) is 1. The quantitative estimate of drug-likeness (QED) is 0.636. The molecule has 1 rings (SSSR count). The van der Waals surface area contributed by atoms with Gasteiger partial charge in [0.2, 0.25) is 0 Å². The van der Waals surface area contributed by atoms with E-state index in [9.17, 15) is 0 Å². The van der Waals surface area contributed by atoms with Gasteiger partial charge in [-0.05, 0) is 61.8 Å². The summed E-state index contributed by atoms with van der Waals surface area (Å²) in [5, 5.41) is 3.87. The lowest BCUT2D eigenvalue weighted by Crippen LogP contribution is -2.40. The molecule has 0 spiro atoms. The Labute approximate surface area is 128 Å². The molecule has 1 N–H and O–H groups in total. The summed E-state index contributed by atoms with van der Waals surface area (Å²) in [6, 6.07) is 0.764. The first kappa shape index (κ1) is 18.0. The number of nitrogens with one attached hydrogen (secondary N) is 1. The standard InChI is InChI=1S/C19H39N/c1-7-12-20-18(13-16(3)14-19(4,5)6)17-10-8-15(2)9-11-17/h15-18,20H,7-14H2,1-6H3. The normalized spacial score (nSPS) is 27.3. The van der Waals surface area contributed by atoms with Gasteiger partial charge in [0.25, 0.3) is 0 Å².